The van der Waals surface area contributed by atoms with Crippen molar-refractivity contribution in [1.29, 1.82) is 0 Å². The van der Waals surface area contributed by atoms with E-state index < -0.39 is 0 Å². The third-order valence-corrected chi connectivity index (χ3v) is 1.62. The van der Waals surface area contributed by atoms with Crippen LogP contribution in [0.5, 0.6) is 0 Å². The Balaban J connectivity index is 2.67. The molecule has 0 bridgehead atoms. The minimum absolute atomic E-state index is 0.745. The summed E-state index contributed by atoms with van der Waals surface area (Å²) in [6.45, 7) is 2.00. The van der Waals surface area contributed by atoms with Crippen molar-refractivity contribution in [2.45, 2.75) is 13.3 Å². The van der Waals surface area contributed by atoms with E-state index in [0.717, 1.165) is 23.3 Å². The predicted molar refractivity (Wildman–Crippen MR) is 44.5 cm³/mol. The van der Waals surface area contributed by atoms with Crippen LogP contribution < -0.4 is 0 Å². The summed E-state index contributed by atoms with van der Waals surface area (Å²) in [5, 5.41) is 7.90. The van der Waals surface area contributed by atoms with Crippen LogP contribution >= 0.6 is 0 Å². The van der Waals surface area contributed by atoms with Crippen LogP contribution in [0.4, 0.5) is 0 Å². The van der Waals surface area contributed by atoms with Gasteiger partial charge in [-0.3, -0.25) is 4.98 Å². The van der Waals surface area contributed by atoms with Crippen LogP contribution in [0.1, 0.15) is 12.7 Å². The first kappa shape index (κ1) is 7.09. The maximum absolute atomic E-state index is 4.28. The number of aryl methyl sites for hydroxylation is 1. The van der Waals surface area contributed by atoms with Crippen molar-refractivity contribution >= 4 is 11.0 Å². The van der Waals surface area contributed by atoms with Gasteiger partial charge in [0.15, 0.2) is 5.82 Å². The SMILES string of the molecule is CCc1nnc2cnccc2n1. The maximum atomic E-state index is 4.28. The topological polar surface area (TPSA) is 51.6 Å². The molecule has 0 spiro atoms. The number of nitrogens with zero attached hydrogens (tertiary/aromatic N) is 4. The highest BCUT2D eigenvalue weighted by molar-refractivity contribution is 5.71. The van der Waals surface area contributed by atoms with Gasteiger partial charge in [0, 0.05) is 12.6 Å². The summed E-state index contributed by atoms with van der Waals surface area (Å²) in [5.41, 5.74) is 1.60. The van der Waals surface area contributed by atoms with Gasteiger partial charge in [-0.05, 0) is 6.07 Å². The number of hydrogen-bond acceptors (Lipinski definition) is 4. The molecule has 0 fully saturated rings. The van der Waals surface area contributed by atoms with Gasteiger partial charge < -0.3 is 0 Å². The van der Waals surface area contributed by atoms with Crippen molar-refractivity contribution in [3.8, 4) is 0 Å². The summed E-state index contributed by atoms with van der Waals surface area (Å²) in [6, 6.07) is 1.84. The lowest BCUT2D eigenvalue weighted by Gasteiger charge is -1.95. The first-order chi connectivity index (χ1) is 5.90. The molecule has 0 atom stereocenters. The summed E-state index contributed by atoms with van der Waals surface area (Å²) < 4.78 is 0. The Kier molecular flexibility index (Phi) is 1.66. The normalized spacial score (nSPS) is 10.4. The van der Waals surface area contributed by atoms with Gasteiger partial charge in [0.25, 0.3) is 0 Å². The highest BCUT2D eigenvalue weighted by Gasteiger charge is 1.97. The van der Waals surface area contributed by atoms with E-state index in [1.165, 1.54) is 0 Å². The molecule has 0 N–H and O–H groups in total. The van der Waals surface area contributed by atoms with Crippen molar-refractivity contribution in [3.63, 3.8) is 0 Å². The summed E-state index contributed by atoms with van der Waals surface area (Å²) >= 11 is 0. The molecule has 2 aromatic heterocycles. The van der Waals surface area contributed by atoms with Gasteiger partial charge in [-0.15, -0.1) is 10.2 Å². The number of rotatable bonds is 1. The van der Waals surface area contributed by atoms with Gasteiger partial charge in [-0.25, -0.2) is 4.98 Å². The Hall–Kier alpha value is -1.58. The zero-order chi connectivity index (χ0) is 8.39. The number of fused-ring (bicyclic) bond motifs is 1. The Bertz CT molecular complexity index is 399. The molecule has 0 radical (unpaired) electrons. The van der Waals surface area contributed by atoms with E-state index in [4.69, 9.17) is 0 Å². The maximum Gasteiger partial charge on any atom is 0.151 e. The van der Waals surface area contributed by atoms with E-state index in [-0.39, 0.29) is 0 Å². The zero-order valence-corrected chi connectivity index (χ0v) is 6.73. The molecule has 2 heterocycles. The van der Waals surface area contributed by atoms with Crippen LogP contribution in [-0.2, 0) is 6.42 Å². The lowest BCUT2D eigenvalue weighted by atomic mass is 10.4. The second kappa shape index (κ2) is 2.81. The number of aromatic nitrogens is 4. The second-order valence-electron chi connectivity index (χ2n) is 2.45. The molecule has 0 saturated heterocycles. The highest BCUT2D eigenvalue weighted by atomic mass is 15.2. The molecular weight excluding hydrogens is 152 g/mol. The fraction of sp³-hybridized carbons (Fsp3) is 0.250. The van der Waals surface area contributed by atoms with Crippen molar-refractivity contribution in [1.82, 2.24) is 20.2 Å². The van der Waals surface area contributed by atoms with E-state index in [0.29, 0.717) is 0 Å². The van der Waals surface area contributed by atoms with E-state index in [9.17, 15) is 0 Å². The van der Waals surface area contributed by atoms with Crippen molar-refractivity contribution in [3.05, 3.63) is 24.3 Å². The Morgan fingerprint density at radius 1 is 1.25 bits per heavy atom. The van der Waals surface area contributed by atoms with Gasteiger partial charge in [-0.1, -0.05) is 6.92 Å². The fourth-order valence-corrected chi connectivity index (χ4v) is 0.973. The first-order valence-corrected chi connectivity index (χ1v) is 3.83. The molecule has 0 unspecified atom stereocenters. The molecule has 12 heavy (non-hydrogen) atoms. The summed E-state index contributed by atoms with van der Waals surface area (Å²) in [5.74, 6) is 0.772. The Labute approximate surface area is 69.7 Å². The second-order valence-corrected chi connectivity index (χ2v) is 2.45. The molecule has 4 nitrogen and oxygen atoms in total. The van der Waals surface area contributed by atoms with Crippen LogP contribution in [0.15, 0.2) is 18.5 Å². The van der Waals surface area contributed by atoms with Crippen molar-refractivity contribution in [2.24, 2.45) is 0 Å². The third-order valence-electron chi connectivity index (χ3n) is 1.62. The Morgan fingerprint density at radius 3 is 3.00 bits per heavy atom. The molecule has 0 amide bonds. The molecular formula is C8H8N4. The van der Waals surface area contributed by atoms with Crippen LogP contribution in [0.2, 0.25) is 0 Å². The quantitative estimate of drug-likeness (QED) is 0.624. The van der Waals surface area contributed by atoms with E-state index in [1.807, 2.05) is 13.0 Å². The predicted octanol–water partition coefficient (Wildman–Crippen LogP) is 0.982. The average molecular weight is 160 g/mol. The van der Waals surface area contributed by atoms with E-state index >= 15 is 0 Å². The lowest BCUT2D eigenvalue weighted by molar-refractivity contribution is 0.878. The number of hydrogen-bond donors (Lipinski definition) is 0. The van der Waals surface area contributed by atoms with Crippen LogP contribution in [-0.4, -0.2) is 20.2 Å². The molecule has 0 aliphatic rings. The van der Waals surface area contributed by atoms with Gasteiger partial charge in [0.2, 0.25) is 0 Å². The van der Waals surface area contributed by atoms with Crippen molar-refractivity contribution in [2.75, 3.05) is 0 Å². The largest absolute Gasteiger partial charge is 0.262 e. The van der Waals surface area contributed by atoms with Crippen LogP contribution in [0.25, 0.3) is 11.0 Å². The van der Waals surface area contributed by atoms with Crippen LogP contribution in [0.3, 0.4) is 0 Å². The molecule has 0 aliphatic heterocycles. The molecule has 60 valence electrons. The van der Waals surface area contributed by atoms with Crippen molar-refractivity contribution < 1.29 is 0 Å². The van der Waals surface area contributed by atoms with E-state index in [2.05, 4.69) is 20.2 Å². The zero-order valence-electron chi connectivity index (χ0n) is 6.73. The van der Waals surface area contributed by atoms with Gasteiger partial charge in [0.1, 0.15) is 5.52 Å². The van der Waals surface area contributed by atoms with Gasteiger partial charge >= 0.3 is 0 Å². The summed E-state index contributed by atoms with van der Waals surface area (Å²) in [4.78, 5) is 8.21. The van der Waals surface area contributed by atoms with Gasteiger partial charge in [-0.2, -0.15) is 0 Å². The van der Waals surface area contributed by atoms with Crippen LogP contribution in [0, 0.1) is 0 Å². The molecule has 0 saturated carbocycles. The Morgan fingerprint density at radius 2 is 2.17 bits per heavy atom. The molecule has 0 aromatic carbocycles. The molecule has 2 aromatic rings. The summed E-state index contributed by atoms with van der Waals surface area (Å²) in [6.07, 6.45) is 4.18. The number of pyridine rings is 1. The average Bonchev–Trinajstić information content (AvgIpc) is 2.17. The van der Waals surface area contributed by atoms with E-state index in [1.54, 1.807) is 12.4 Å². The lowest BCUT2D eigenvalue weighted by Crippen LogP contribution is -1.96. The summed E-state index contributed by atoms with van der Waals surface area (Å²) in [7, 11) is 0. The molecule has 2 rings (SSSR count). The minimum Gasteiger partial charge on any atom is -0.262 e. The smallest absolute Gasteiger partial charge is 0.151 e. The third kappa shape index (κ3) is 1.11. The standard InChI is InChI=1S/C8H8N4/c1-2-8-10-6-3-4-9-5-7(6)11-12-8/h3-5H,2H2,1H3. The van der Waals surface area contributed by atoms with Gasteiger partial charge in [0.05, 0.1) is 11.7 Å². The monoisotopic (exact) mass is 160 g/mol. The molecule has 0 aliphatic carbocycles. The fourth-order valence-electron chi connectivity index (χ4n) is 0.973. The minimum atomic E-state index is 0.745. The highest BCUT2D eigenvalue weighted by Crippen LogP contribution is 2.04. The first-order valence-electron chi connectivity index (χ1n) is 3.83. The molecule has 4 heteroatoms.